The number of aromatic nitrogens is 6. The molecule has 1 aliphatic heterocycles. The lowest BCUT2D eigenvalue weighted by atomic mass is 9.77. The maximum Gasteiger partial charge on any atom is 0.358 e. The number of carbonyl (C=O) groups is 1. The number of tetrazole rings is 1. The minimum atomic E-state index is -0.939. The lowest BCUT2D eigenvalue weighted by Crippen LogP contribution is -2.39. The Morgan fingerprint density at radius 1 is 0.804 bits per heavy atom. The Bertz CT molecular complexity index is 2470. The summed E-state index contributed by atoms with van der Waals surface area (Å²) in [7, 11) is 0. The van der Waals surface area contributed by atoms with E-state index in [1.54, 1.807) is 17.3 Å². The molecule has 0 atom stereocenters. The van der Waals surface area contributed by atoms with Gasteiger partial charge < -0.3 is 13.7 Å². The molecule has 4 aromatic carbocycles. The summed E-state index contributed by atoms with van der Waals surface area (Å²) in [5, 5.41) is 15.0. The number of hydrogen-bond acceptors (Lipinski definition) is 7. The number of hydrogen-bond donors (Lipinski definition) is 0. The highest BCUT2D eigenvalue weighted by molar-refractivity contribution is 9.10. The van der Waals surface area contributed by atoms with Crippen LogP contribution in [-0.4, -0.2) is 42.3 Å². The zero-order valence-electron chi connectivity index (χ0n) is 30.9. The first-order valence-corrected chi connectivity index (χ1v) is 19.8. The van der Waals surface area contributed by atoms with Gasteiger partial charge in [0.2, 0.25) is 5.82 Å². The van der Waals surface area contributed by atoms with Crippen LogP contribution in [0.5, 0.6) is 0 Å². The lowest BCUT2D eigenvalue weighted by molar-refractivity contribution is 0.0487. The van der Waals surface area contributed by atoms with Gasteiger partial charge in [0, 0.05) is 27.6 Å². The van der Waals surface area contributed by atoms with Crippen molar-refractivity contribution in [2.24, 2.45) is 0 Å². The largest absolute Gasteiger partial charge is 0.472 e. The van der Waals surface area contributed by atoms with Gasteiger partial charge in [-0.1, -0.05) is 147 Å². The molecule has 0 fully saturated rings. The highest BCUT2D eigenvalue weighted by Crippen LogP contribution is 2.49. The highest BCUT2D eigenvalue weighted by Gasteiger charge is 2.41. The number of unbranched alkanes of at least 4 members (excludes halogenated alkanes) is 1. The predicted octanol–water partition coefficient (Wildman–Crippen LogP) is 10.7. The summed E-state index contributed by atoms with van der Waals surface area (Å²) in [4.78, 5) is 19.8. The van der Waals surface area contributed by atoms with Crippen LogP contribution >= 0.6 is 27.5 Å². The average Bonchev–Trinajstić information content (AvgIpc) is 3.94. The second-order valence-corrected chi connectivity index (χ2v) is 14.6. The summed E-state index contributed by atoms with van der Waals surface area (Å²) >= 11 is 10.6. The molecule has 6 aromatic rings. The monoisotopic (exact) mass is 824 g/mol. The molecule has 8 rings (SSSR count). The minimum Gasteiger partial charge on any atom is -0.472 e. The molecule has 9 nitrogen and oxygen atoms in total. The van der Waals surface area contributed by atoms with Crippen LogP contribution in [-0.2, 0) is 23.2 Å². The van der Waals surface area contributed by atoms with E-state index in [4.69, 9.17) is 36.2 Å². The molecule has 0 saturated heterocycles. The summed E-state index contributed by atoms with van der Waals surface area (Å²) in [6, 6.07) is 40.8. The summed E-state index contributed by atoms with van der Waals surface area (Å²) in [5.41, 5.74) is 7.53. The van der Waals surface area contributed by atoms with Crippen LogP contribution < -0.4 is 0 Å². The van der Waals surface area contributed by atoms with Crippen molar-refractivity contribution in [1.29, 1.82) is 0 Å². The van der Waals surface area contributed by atoms with Gasteiger partial charge in [-0.15, -0.1) is 15.0 Å². The molecule has 280 valence electrons. The van der Waals surface area contributed by atoms with Gasteiger partial charge in [-0.25, -0.2) is 9.78 Å². The van der Waals surface area contributed by atoms with Crippen LogP contribution in [0.15, 0.2) is 143 Å². The molecular formula is C45H38BrClN6O3. The number of esters is 1. The third kappa shape index (κ3) is 6.52. The number of fused-ring (bicyclic) bond motifs is 1. The standard InChI is InChI=1S/C45H38BrClN6O3/c1-3-5-26-56-44(54)41-42(47)48-38(4-2)52(41)28-36-33-25-27-55-29-37(33)40(46)39(36)34-23-15-16-24-35(34)43-49-51-53(50-43)45(30-17-9-6-10-18-30,31-19-11-7-12-20-31)32-21-13-8-14-22-32/h6-25,27,29H,3-5,26,28H2,1-2H3. The fraction of sp³-hybridized carbons (Fsp3) is 0.178. The van der Waals surface area contributed by atoms with Crippen molar-refractivity contribution < 1.29 is 13.9 Å². The fourth-order valence-electron chi connectivity index (χ4n) is 7.53. The van der Waals surface area contributed by atoms with E-state index in [0.717, 1.165) is 67.4 Å². The van der Waals surface area contributed by atoms with Crippen molar-refractivity contribution in [3.05, 3.63) is 177 Å². The van der Waals surface area contributed by atoms with Gasteiger partial charge in [0.25, 0.3) is 0 Å². The SMILES string of the molecule is CCCCOC(=O)c1c(Cl)nc(CC)n1Cc1c2ccocc-2c(Br)c1-c1ccccc1-c1nnn(C(c2ccccc2)(c2ccccc2)c2ccccc2)n1. The van der Waals surface area contributed by atoms with Gasteiger partial charge in [-0.3, -0.25) is 0 Å². The second-order valence-electron chi connectivity index (χ2n) is 13.4. The smallest absolute Gasteiger partial charge is 0.358 e. The Hall–Kier alpha value is -5.84. The highest BCUT2D eigenvalue weighted by atomic mass is 79.9. The first-order valence-electron chi connectivity index (χ1n) is 18.6. The van der Waals surface area contributed by atoms with Crippen LogP contribution in [0.2, 0.25) is 5.15 Å². The number of imidazole rings is 1. The Morgan fingerprint density at radius 2 is 1.41 bits per heavy atom. The van der Waals surface area contributed by atoms with Crippen molar-refractivity contribution in [3.8, 4) is 33.6 Å². The van der Waals surface area contributed by atoms with Crippen molar-refractivity contribution in [3.63, 3.8) is 0 Å². The number of carbonyl (C=O) groups excluding carboxylic acids is 1. The molecule has 0 spiro atoms. The van der Waals surface area contributed by atoms with E-state index >= 15 is 0 Å². The van der Waals surface area contributed by atoms with E-state index in [-0.39, 0.29) is 17.4 Å². The van der Waals surface area contributed by atoms with Crippen molar-refractivity contribution in [2.75, 3.05) is 6.61 Å². The zero-order chi connectivity index (χ0) is 38.6. The van der Waals surface area contributed by atoms with E-state index in [2.05, 4.69) is 63.4 Å². The quantitative estimate of drug-likeness (QED) is 0.0648. The third-order valence-electron chi connectivity index (χ3n) is 10.2. The second kappa shape index (κ2) is 16.1. The number of ether oxygens (including phenoxy) is 1. The molecule has 3 heterocycles. The molecule has 56 heavy (non-hydrogen) atoms. The summed E-state index contributed by atoms with van der Waals surface area (Å²) in [6.45, 7) is 4.63. The topological polar surface area (TPSA) is 101 Å². The van der Waals surface area contributed by atoms with Crippen molar-refractivity contribution in [1.82, 2.24) is 29.8 Å². The summed E-state index contributed by atoms with van der Waals surface area (Å²) < 4.78 is 14.1. The Balaban J connectivity index is 1.31. The number of benzene rings is 4. The van der Waals surface area contributed by atoms with Gasteiger partial charge in [-0.2, -0.15) is 0 Å². The predicted molar refractivity (Wildman–Crippen MR) is 221 cm³/mol. The van der Waals surface area contributed by atoms with Gasteiger partial charge in [0.15, 0.2) is 16.4 Å². The number of aryl methyl sites for hydroxylation is 1. The Kier molecular flexibility index (Phi) is 10.7. The lowest BCUT2D eigenvalue weighted by Gasteiger charge is -2.34. The molecule has 0 saturated carbocycles. The van der Waals surface area contributed by atoms with Crippen LogP contribution in [0.4, 0.5) is 0 Å². The van der Waals surface area contributed by atoms with E-state index in [0.29, 0.717) is 24.7 Å². The average molecular weight is 826 g/mol. The first kappa shape index (κ1) is 37.1. The maximum atomic E-state index is 13.5. The molecule has 0 unspecified atom stereocenters. The molecule has 1 aliphatic carbocycles. The van der Waals surface area contributed by atoms with E-state index in [9.17, 15) is 4.79 Å². The van der Waals surface area contributed by atoms with E-state index < -0.39 is 11.5 Å². The van der Waals surface area contributed by atoms with Gasteiger partial charge in [0.05, 0.1) is 25.7 Å². The Morgan fingerprint density at radius 3 is 2.02 bits per heavy atom. The molecule has 0 N–H and O–H groups in total. The molecule has 0 radical (unpaired) electrons. The number of halogens is 2. The molecule has 0 amide bonds. The van der Waals surface area contributed by atoms with Crippen LogP contribution in [0.3, 0.4) is 0 Å². The summed E-state index contributed by atoms with van der Waals surface area (Å²) in [5.74, 6) is 0.620. The van der Waals surface area contributed by atoms with Crippen LogP contribution in [0.1, 0.15) is 65.3 Å². The van der Waals surface area contributed by atoms with Crippen molar-refractivity contribution >= 4 is 33.5 Å². The van der Waals surface area contributed by atoms with Crippen LogP contribution in [0.25, 0.3) is 33.6 Å². The molecule has 11 heteroatoms. The number of rotatable bonds is 13. The normalized spacial score (nSPS) is 11.6. The Labute approximate surface area is 338 Å². The van der Waals surface area contributed by atoms with Gasteiger partial charge in [0.1, 0.15) is 5.82 Å². The van der Waals surface area contributed by atoms with Crippen molar-refractivity contribution in [2.45, 2.75) is 45.2 Å². The third-order valence-corrected chi connectivity index (χ3v) is 11.2. The van der Waals surface area contributed by atoms with Crippen LogP contribution in [0, 0.1) is 0 Å². The first-order chi connectivity index (χ1) is 27.5. The van der Waals surface area contributed by atoms with E-state index in [1.165, 1.54) is 0 Å². The van der Waals surface area contributed by atoms with E-state index in [1.807, 2.05) is 97.3 Å². The molecule has 2 aromatic heterocycles. The maximum absolute atomic E-state index is 13.5. The molecule has 0 bridgehead atoms. The van der Waals surface area contributed by atoms with Gasteiger partial charge in [-0.05, 0) is 67.0 Å². The fourth-order valence-corrected chi connectivity index (χ4v) is 8.57. The molecule has 2 aliphatic rings. The molecular weight excluding hydrogens is 788 g/mol. The minimum absolute atomic E-state index is 0.120. The zero-order valence-corrected chi connectivity index (χ0v) is 33.2. The van der Waals surface area contributed by atoms with Gasteiger partial charge >= 0.3 is 5.97 Å². The number of nitrogens with zero attached hydrogens (tertiary/aromatic N) is 6. The summed E-state index contributed by atoms with van der Waals surface area (Å²) in [6.07, 6.45) is 5.58.